The van der Waals surface area contributed by atoms with Gasteiger partial charge in [-0.05, 0) is 25.1 Å². The molecule has 1 aliphatic heterocycles. The Labute approximate surface area is 159 Å². The third kappa shape index (κ3) is 3.50. The fraction of sp³-hybridized carbons (Fsp3) is 0.353. The first-order valence-electron chi connectivity index (χ1n) is 8.09. The minimum absolute atomic E-state index is 0.0480. The van der Waals surface area contributed by atoms with Gasteiger partial charge in [0, 0.05) is 43.9 Å². The van der Waals surface area contributed by atoms with Crippen molar-refractivity contribution < 1.29 is 4.79 Å². The average Bonchev–Trinajstić information content (AvgIpc) is 2.59. The van der Waals surface area contributed by atoms with Gasteiger partial charge in [0.25, 0.3) is 11.5 Å². The maximum Gasteiger partial charge on any atom is 0.328 e. The van der Waals surface area contributed by atoms with Crippen LogP contribution in [0.5, 0.6) is 0 Å². The van der Waals surface area contributed by atoms with Crippen molar-refractivity contribution in [1.82, 2.24) is 14.5 Å². The number of carbonyl (C=O) groups is 1. The average molecular weight is 397 g/mol. The van der Waals surface area contributed by atoms with Gasteiger partial charge < -0.3 is 14.4 Å². The summed E-state index contributed by atoms with van der Waals surface area (Å²) < 4.78 is 1.18. The van der Waals surface area contributed by atoms with Gasteiger partial charge in [-0.1, -0.05) is 23.2 Å². The molecule has 2 aromatic rings. The smallest absolute Gasteiger partial charge is 0.328 e. The van der Waals surface area contributed by atoms with E-state index < -0.39 is 17.2 Å². The van der Waals surface area contributed by atoms with Crippen LogP contribution in [0.4, 0.5) is 5.69 Å². The number of rotatable bonds is 2. The number of anilines is 1. The van der Waals surface area contributed by atoms with Crippen molar-refractivity contribution in [3.05, 3.63) is 60.8 Å². The molecule has 138 valence electrons. The fourth-order valence-electron chi connectivity index (χ4n) is 3.08. The number of benzene rings is 1. The summed E-state index contributed by atoms with van der Waals surface area (Å²) >= 11 is 12.3. The summed E-state index contributed by atoms with van der Waals surface area (Å²) in [6.07, 6.45) is 1.27. The quantitative estimate of drug-likeness (QED) is 0.838. The van der Waals surface area contributed by atoms with E-state index in [1.54, 1.807) is 23.1 Å². The zero-order chi connectivity index (χ0) is 19.0. The Morgan fingerprint density at radius 1 is 1.23 bits per heavy atom. The lowest BCUT2D eigenvalue weighted by atomic mass is 10.1. The molecule has 9 heteroatoms. The Hall–Kier alpha value is -2.25. The predicted molar refractivity (Wildman–Crippen MR) is 101 cm³/mol. The maximum absolute atomic E-state index is 12.8. The largest absolute Gasteiger partial charge is 0.366 e. The normalized spacial score (nSPS) is 17.5. The Kier molecular flexibility index (Phi) is 5.11. The Morgan fingerprint density at radius 3 is 2.65 bits per heavy atom. The molecule has 0 bridgehead atoms. The fourth-order valence-corrected chi connectivity index (χ4v) is 3.48. The third-order valence-electron chi connectivity index (χ3n) is 4.48. The van der Waals surface area contributed by atoms with Crippen molar-refractivity contribution in [3.63, 3.8) is 0 Å². The molecule has 1 aromatic carbocycles. The van der Waals surface area contributed by atoms with Crippen molar-refractivity contribution in [2.75, 3.05) is 24.5 Å². The number of nitrogens with one attached hydrogen (secondary N) is 1. The van der Waals surface area contributed by atoms with E-state index in [2.05, 4.69) is 9.88 Å². The molecular weight excluding hydrogens is 379 g/mol. The van der Waals surface area contributed by atoms with Crippen LogP contribution in [-0.2, 0) is 7.05 Å². The van der Waals surface area contributed by atoms with E-state index in [4.69, 9.17) is 23.2 Å². The highest BCUT2D eigenvalue weighted by Gasteiger charge is 2.30. The monoisotopic (exact) mass is 396 g/mol. The summed E-state index contributed by atoms with van der Waals surface area (Å²) in [7, 11) is 1.48. The molecule has 0 radical (unpaired) electrons. The second kappa shape index (κ2) is 7.17. The highest BCUT2D eigenvalue weighted by Crippen LogP contribution is 2.30. The molecule has 1 aliphatic rings. The van der Waals surface area contributed by atoms with Crippen LogP contribution in [0.25, 0.3) is 0 Å². The minimum atomic E-state index is -0.675. The number of carbonyl (C=O) groups excluding carboxylic acids is 1. The van der Waals surface area contributed by atoms with Crippen molar-refractivity contribution in [1.29, 1.82) is 0 Å². The number of H-pyrrole nitrogens is 1. The molecule has 0 saturated carbocycles. The Morgan fingerprint density at radius 2 is 1.96 bits per heavy atom. The van der Waals surface area contributed by atoms with Gasteiger partial charge in [0.05, 0.1) is 10.7 Å². The highest BCUT2D eigenvalue weighted by molar-refractivity contribution is 6.35. The lowest BCUT2D eigenvalue weighted by molar-refractivity contribution is 0.0671. The van der Waals surface area contributed by atoms with Crippen LogP contribution < -0.4 is 16.1 Å². The van der Waals surface area contributed by atoms with Gasteiger partial charge in [0.15, 0.2) is 0 Å². The van der Waals surface area contributed by atoms with Crippen molar-refractivity contribution >= 4 is 34.8 Å². The van der Waals surface area contributed by atoms with Crippen molar-refractivity contribution in [2.45, 2.75) is 13.0 Å². The van der Waals surface area contributed by atoms with Crippen LogP contribution >= 0.6 is 23.2 Å². The standard InChI is InChI=1S/C17H18Cl2N4O3/c1-10-8-22(14-7-11(18)3-4-13(14)19)5-6-23(10)16(25)12-9-21(2)17(26)20-15(12)24/h3-4,7,9-10H,5-6,8H2,1-2H3,(H,20,24,26). The molecule has 1 atom stereocenters. The van der Waals surface area contributed by atoms with Gasteiger partial charge in [0.2, 0.25) is 0 Å². The van der Waals surface area contributed by atoms with E-state index in [9.17, 15) is 14.4 Å². The van der Waals surface area contributed by atoms with Crippen LogP contribution in [0.1, 0.15) is 17.3 Å². The first kappa shape index (κ1) is 18.5. The van der Waals surface area contributed by atoms with Gasteiger partial charge >= 0.3 is 5.69 Å². The van der Waals surface area contributed by atoms with Gasteiger partial charge in [-0.15, -0.1) is 0 Å². The zero-order valence-corrected chi connectivity index (χ0v) is 15.8. The lowest BCUT2D eigenvalue weighted by Gasteiger charge is -2.41. The summed E-state index contributed by atoms with van der Waals surface area (Å²) in [5, 5.41) is 1.18. The van der Waals surface area contributed by atoms with Crippen LogP contribution in [-0.4, -0.2) is 46.0 Å². The zero-order valence-electron chi connectivity index (χ0n) is 14.3. The Balaban J connectivity index is 1.82. The number of amides is 1. The second-order valence-electron chi connectivity index (χ2n) is 6.30. The Bertz CT molecular complexity index is 969. The first-order chi connectivity index (χ1) is 12.3. The van der Waals surface area contributed by atoms with Crippen LogP contribution in [0.2, 0.25) is 10.0 Å². The molecule has 1 fully saturated rings. The molecule has 1 saturated heterocycles. The molecule has 0 aliphatic carbocycles. The third-order valence-corrected chi connectivity index (χ3v) is 5.03. The van der Waals surface area contributed by atoms with E-state index in [-0.39, 0.29) is 11.6 Å². The molecule has 2 heterocycles. The van der Waals surface area contributed by atoms with Crippen molar-refractivity contribution in [3.8, 4) is 0 Å². The van der Waals surface area contributed by atoms with Gasteiger partial charge in [0.1, 0.15) is 5.56 Å². The number of aromatic nitrogens is 2. The molecule has 1 aromatic heterocycles. The number of halogens is 2. The van der Waals surface area contributed by atoms with Crippen LogP contribution in [0, 0.1) is 0 Å². The maximum atomic E-state index is 12.8. The summed E-state index contributed by atoms with van der Waals surface area (Å²) in [5.41, 5.74) is -0.461. The van der Waals surface area contributed by atoms with Crippen molar-refractivity contribution in [2.24, 2.45) is 7.05 Å². The number of aryl methyl sites for hydroxylation is 1. The van der Waals surface area contributed by atoms with E-state index in [1.807, 2.05) is 6.92 Å². The molecule has 3 rings (SSSR count). The van der Waals surface area contributed by atoms with E-state index in [1.165, 1.54) is 17.8 Å². The van der Waals surface area contributed by atoms with Gasteiger partial charge in [-0.25, -0.2) is 4.79 Å². The molecule has 1 N–H and O–H groups in total. The SMILES string of the molecule is CC1CN(c2cc(Cl)ccc2Cl)CCN1C(=O)c1cn(C)c(=O)[nH]c1=O. The second-order valence-corrected chi connectivity index (χ2v) is 7.15. The van der Waals surface area contributed by atoms with Gasteiger partial charge in [-0.3, -0.25) is 14.6 Å². The number of nitrogens with zero attached hydrogens (tertiary/aromatic N) is 3. The number of aromatic amines is 1. The number of hydrogen-bond acceptors (Lipinski definition) is 4. The van der Waals surface area contributed by atoms with E-state index in [0.717, 1.165) is 5.69 Å². The molecule has 7 nitrogen and oxygen atoms in total. The van der Waals surface area contributed by atoms with E-state index >= 15 is 0 Å². The number of hydrogen-bond donors (Lipinski definition) is 1. The molecular formula is C17H18Cl2N4O3. The topological polar surface area (TPSA) is 78.4 Å². The molecule has 1 amide bonds. The molecule has 26 heavy (non-hydrogen) atoms. The van der Waals surface area contributed by atoms with E-state index in [0.29, 0.717) is 29.7 Å². The number of piperazine rings is 1. The summed E-state index contributed by atoms with van der Waals surface area (Å²) in [6, 6.07) is 5.11. The molecule has 0 spiro atoms. The summed E-state index contributed by atoms with van der Waals surface area (Å²) in [6.45, 7) is 3.43. The highest BCUT2D eigenvalue weighted by atomic mass is 35.5. The molecule has 1 unspecified atom stereocenters. The predicted octanol–water partition coefficient (Wildman–Crippen LogP) is 1.73. The summed E-state index contributed by atoms with van der Waals surface area (Å²) in [4.78, 5) is 42.1. The van der Waals surface area contributed by atoms with Crippen LogP contribution in [0.3, 0.4) is 0 Å². The first-order valence-corrected chi connectivity index (χ1v) is 8.84. The van der Waals surface area contributed by atoms with Gasteiger partial charge in [-0.2, -0.15) is 0 Å². The minimum Gasteiger partial charge on any atom is -0.366 e. The lowest BCUT2D eigenvalue weighted by Crippen LogP contribution is -2.55. The summed E-state index contributed by atoms with van der Waals surface area (Å²) in [5.74, 6) is -0.397. The van der Waals surface area contributed by atoms with Crippen LogP contribution in [0.15, 0.2) is 34.0 Å².